The van der Waals surface area contributed by atoms with Crippen molar-refractivity contribution in [1.29, 1.82) is 0 Å². The summed E-state index contributed by atoms with van der Waals surface area (Å²) < 4.78 is 18.7. The predicted molar refractivity (Wildman–Crippen MR) is 91.2 cm³/mol. The topological polar surface area (TPSA) is 96.5 Å². The molecule has 1 aromatic carbocycles. The predicted octanol–water partition coefficient (Wildman–Crippen LogP) is 0.995. The van der Waals surface area contributed by atoms with Crippen LogP contribution in [-0.4, -0.2) is 41.2 Å². The van der Waals surface area contributed by atoms with Gasteiger partial charge >= 0.3 is 0 Å². The summed E-state index contributed by atoms with van der Waals surface area (Å²) in [5, 5.41) is 7.86. The zero-order valence-corrected chi connectivity index (χ0v) is 14.1. The molecule has 1 saturated heterocycles. The molecule has 0 aliphatic carbocycles. The molecule has 0 radical (unpaired) electrons. The number of carbonyl (C=O) groups is 2. The minimum atomic E-state index is -0.569. The van der Waals surface area contributed by atoms with Crippen LogP contribution in [0.2, 0.25) is 0 Å². The lowest BCUT2D eigenvalue weighted by molar-refractivity contribution is -0.119. The second kappa shape index (κ2) is 7.77. The van der Waals surface area contributed by atoms with Gasteiger partial charge in [0.1, 0.15) is 18.5 Å². The quantitative estimate of drug-likeness (QED) is 0.773. The van der Waals surface area contributed by atoms with Gasteiger partial charge in [-0.05, 0) is 18.2 Å². The van der Waals surface area contributed by atoms with Gasteiger partial charge in [0.05, 0.1) is 13.1 Å². The smallest absolute Gasteiger partial charge is 0.290 e. The van der Waals surface area contributed by atoms with Crippen molar-refractivity contribution in [3.05, 3.63) is 47.7 Å². The molecule has 3 rings (SSSR count). The average molecular weight is 359 g/mol. The zero-order chi connectivity index (χ0) is 18.5. The third-order valence-corrected chi connectivity index (χ3v) is 3.82. The molecule has 2 aromatic rings. The third-order valence-electron chi connectivity index (χ3n) is 3.82. The SMILES string of the molecule is CC(=O)NNC(=O)c1ccc(N2CC(Oc3ccccc3CF)C2)nn1. The van der Waals surface area contributed by atoms with Crippen LogP contribution in [0.3, 0.4) is 0 Å². The van der Waals surface area contributed by atoms with Gasteiger partial charge in [0.2, 0.25) is 5.91 Å². The van der Waals surface area contributed by atoms with E-state index in [1.165, 1.54) is 13.0 Å². The Morgan fingerprint density at radius 2 is 1.96 bits per heavy atom. The molecule has 0 bridgehead atoms. The first-order valence-electron chi connectivity index (χ1n) is 8.03. The number of alkyl halides is 1. The van der Waals surface area contributed by atoms with Gasteiger partial charge in [0.15, 0.2) is 11.5 Å². The first-order chi connectivity index (χ1) is 12.6. The molecule has 0 spiro atoms. The highest BCUT2D eigenvalue weighted by Crippen LogP contribution is 2.25. The molecule has 2 heterocycles. The molecule has 1 aliphatic rings. The van der Waals surface area contributed by atoms with Crippen LogP contribution in [0, 0.1) is 0 Å². The number of halogens is 1. The Morgan fingerprint density at radius 3 is 2.62 bits per heavy atom. The maximum atomic E-state index is 12.9. The lowest BCUT2D eigenvalue weighted by atomic mass is 10.1. The van der Waals surface area contributed by atoms with Crippen molar-refractivity contribution in [2.24, 2.45) is 0 Å². The number of ether oxygens (including phenoxy) is 1. The molecule has 9 heteroatoms. The van der Waals surface area contributed by atoms with E-state index in [9.17, 15) is 14.0 Å². The Kier molecular flexibility index (Phi) is 5.26. The highest BCUT2D eigenvalue weighted by atomic mass is 19.1. The van der Waals surface area contributed by atoms with Gasteiger partial charge in [-0.25, -0.2) is 4.39 Å². The molecule has 2 N–H and O–H groups in total. The van der Waals surface area contributed by atoms with Gasteiger partial charge in [-0.2, -0.15) is 0 Å². The third kappa shape index (κ3) is 4.05. The number of hydrogen-bond donors (Lipinski definition) is 2. The van der Waals surface area contributed by atoms with Gasteiger partial charge < -0.3 is 9.64 Å². The van der Waals surface area contributed by atoms with E-state index in [1.807, 2.05) is 4.90 Å². The number of anilines is 1. The Morgan fingerprint density at radius 1 is 1.19 bits per heavy atom. The van der Waals surface area contributed by atoms with Crippen molar-refractivity contribution in [1.82, 2.24) is 21.0 Å². The zero-order valence-electron chi connectivity index (χ0n) is 14.1. The second-order valence-corrected chi connectivity index (χ2v) is 5.80. The van der Waals surface area contributed by atoms with Crippen LogP contribution in [0.25, 0.3) is 0 Å². The molecule has 1 aliphatic heterocycles. The number of hydrazine groups is 1. The molecule has 136 valence electrons. The Hall–Kier alpha value is -3.23. The van der Waals surface area contributed by atoms with Crippen molar-refractivity contribution in [2.45, 2.75) is 19.7 Å². The number of amides is 2. The minimum Gasteiger partial charge on any atom is -0.486 e. The highest BCUT2D eigenvalue weighted by Gasteiger charge is 2.30. The van der Waals surface area contributed by atoms with E-state index in [0.717, 1.165) is 0 Å². The average Bonchev–Trinajstić information content (AvgIpc) is 2.62. The molecular formula is C17H18FN5O3. The summed E-state index contributed by atoms with van der Waals surface area (Å²) >= 11 is 0. The standard InChI is InChI=1S/C17H18FN5O3/c1-11(24)19-22-17(25)14-6-7-16(21-20-14)23-9-13(10-23)26-15-5-3-2-4-12(15)8-18/h2-7,13H,8-10H2,1H3,(H,19,24)(H,22,25). The number of nitrogens with zero attached hydrogens (tertiary/aromatic N) is 3. The first kappa shape index (κ1) is 17.6. The van der Waals surface area contributed by atoms with Gasteiger partial charge in [-0.1, -0.05) is 18.2 Å². The summed E-state index contributed by atoms with van der Waals surface area (Å²) in [6.45, 7) is 1.89. The Bertz CT molecular complexity index is 793. The van der Waals surface area contributed by atoms with Crippen molar-refractivity contribution in [2.75, 3.05) is 18.0 Å². The first-order valence-corrected chi connectivity index (χ1v) is 8.03. The van der Waals surface area contributed by atoms with Crippen LogP contribution in [0.1, 0.15) is 23.0 Å². The van der Waals surface area contributed by atoms with Crippen molar-refractivity contribution >= 4 is 17.6 Å². The highest BCUT2D eigenvalue weighted by molar-refractivity contribution is 5.93. The van der Waals surface area contributed by atoms with Gasteiger partial charge in [-0.3, -0.25) is 20.4 Å². The molecule has 1 aromatic heterocycles. The molecule has 2 amide bonds. The van der Waals surface area contributed by atoms with Gasteiger partial charge in [0, 0.05) is 12.5 Å². The summed E-state index contributed by atoms with van der Waals surface area (Å²) in [7, 11) is 0. The van der Waals surface area contributed by atoms with Gasteiger partial charge in [0.25, 0.3) is 5.91 Å². The number of para-hydroxylation sites is 1. The monoisotopic (exact) mass is 359 g/mol. The number of rotatable bonds is 5. The normalized spacial score (nSPS) is 13.7. The number of benzene rings is 1. The molecule has 26 heavy (non-hydrogen) atoms. The number of nitrogens with one attached hydrogen (secondary N) is 2. The van der Waals surface area contributed by atoms with Crippen molar-refractivity contribution in [3.8, 4) is 5.75 Å². The van der Waals surface area contributed by atoms with E-state index in [0.29, 0.717) is 30.2 Å². The number of carbonyl (C=O) groups excluding carboxylic acids is 2. The second-order valence-electron chi connectivity index (χ2n) is 5.80. The molecule has 0 unspecified atom stereocenters. The van der Waals surface area contributed by atoms with E-state index in [1.54, 1.807) is 30.3 Å². The van der Waals surface area contributed by atoms with E-state index in [-0.39, 0.29) is 17.7 Å². The fourth-order valence-electron chi connectivity index (χ4n) is 2.43. The van der Waals surface area contributed by atoms with E-state index < -0.39 is 12.6 Å². The van der Waals surface area contributed by atoms with Gasteiger partial charge in [-0.15, -0.1) is 10.2 Å². The Labute approximate surface area is 149 Å². The maximum Gasteiger partial charge on any atom is 0.290 e. The lowest BCUT2D eigenvalue weighted by Gasteiger charge is -2.39. The minimum absolute atomic E-state index is 0.0627. The summed E-state index contributed by atoms with van der Waals surface area (Å²) in [6, 6.07) is 10.2. The maximum absolute atomic E-state index is 12.9. The van der Waals surface area contributed by atoms with Crippen LogP contribution in [-0.2, 0) is 11.5 Å². The van der Waals surface area contributed by atoms with Crippen LogP contribution in [0.5, 0.6) is 5.75 Å². The molecule has 1 fully saturated rings. The summed E-state index contributed by atoms with van der Waals surface area (Å²) in [5.41, 5.74) is 5.02. The molecular weight excluding hydrogens is 341 g/mol. The molecule has 0 saturated carbocycles. The van der Waals surface area contributed by atoms with E-state index in [2.05, 4.69) is 21.0 Å². The number of hydrogen-bond acceptors (Lipinski definition) is 6. The Balaban J connectivity index is 1.53. The molecule has 0 atom stereocenters. The fraction of sp³-hybridized carbons (Fsp3) is 0.294. The van der Waals surface area contributed by atoms with E-state index >= 15 is 0 Å². The summed E-state index contributed by atoms with van der Waals surface area (Å²) in [4.78, 5) is 24.4. The van der Waals surface area contributed by atoms with Crippen LogP contribution < -0.4 is 20.5 Å². The van der Waals surface area contributed by atoms with E-state index in [4.69, 9.17) is 4.74 Å². The van der Waals surface area contributed by atoms with Crippen molar-refractivity contribution < 1.29 is 18.7 Å². The largest absolute Gasteiger partial charge is 0.486 e. The molecule has 8 nitrogen and oxygen atoms in total. The summed E-state index contributed by atoms with van der Waals surface area (Å²) in [6.07, 6.45) is -0.0627. The lowest BCUT2D eigenvalue weighted by Crippen LogP contribution is -2.54. The van der Waals surface area contributed by atoms with Crippen LogP contribution in [0.15, 0.2) is 36.4 Å². The van der Waals surface area contributed by atoms with Crippen molar-refractivity contribution in [3.63, 3.8) is 0 Å². The number of aromatic nitrogens is 2. The van der Waals surface area contributed by atoms with Crippen LogP contribution in [0.4, 0.5) is 10.2 Å². The van der Waals surface area contributed by atoms with Crippen LogP contribution >= 0.6 is 0 Å². The summed E-state index contributed by atoms with van der Waals surface area (Å²) in [5.74, 6) is 0.228. The fourth-order valence-corrected chi connectivity index (χ4v) is 2.43.